The second-order valence-corrected chi connectivity index (χ2v) is 4.80. The van der Waals surface area contributed by atoms with Crippen LogP contribution in [0.2, 0.25) is 0 Å². The molecule has 1 aromatic rings. The van der Waals surface area contributed by atoms with Crippen LogP contribution in [0.25, 0.3) is 0 Å². The number of carbonyl (C=O) groups excluding carboxylic acids is 1. The van der Waals surface area contributed by atoms with E-state index in [1.807, 2.05) is 38.1 Å². The van der Waals surface area contributed by atoms with Crippen molar-refractivity contribution in [1.82, 2.24) is 5.32 Å². The van der Waals surface area contributed by atoms with Crippen molar-refractivity contribution < 1.29 is 4.79 Å². The maximum Gasteiger partial charge on any atom is 0.227 e. The van der Waals surface area contributed by atoms with E-state index in [9.17, 15) is 4.79 Å². The monoisotopic (exact) mass is 248 g/mol. The Morgan fingerprint density at radius 3 is 2.61 bits per heavy atom. The van der Waals surface area contributed by atoms with E-state index < -0.39 is 0 Å². The van der Waals surface area contributed by atoms with E-state index in [1.165, 1.54) is 0 Å². The molecule has 0 saturated heterocycles. The Morgan fingerprint density at radius 2 is 2.06 bits per heavy atom. The molecule has 0 heterocycles. The number of rotatable bonds is 6. The summed E-state index contributed by atoms with van der Waals surface area (Å²) in [7, 11) is 0. The lowest BCUT2D eigenvalue weighted by Crippen LogP contribution is -2.36. The lowest BCUT2D eigenvalue weighted by molar-refractivity contribution is -0.123. The topological polar surface area (TPSA) is 55.1 Å². The minimum Gasteiger partial charge on any atom is -0.353 e. The van der Waals surface area contributed by atoms with Gasteiger partial charge >= 0.3 is 0 Å². The first-order valence-corrected chi connectivity index (χ1v) is 6.66. The van der Waals surface area contributed by atoms with Crippen molar-refractivity contribution in [3.8, 4) is 0 Å². The first kappa shape index (κ1) is 14.7. The minimum absolute atomic E-state index is 0.0871. The summed E-state index contributed by atoms with van der Waals surface area (Å²) in [6.07, 6.45) is 1.63. The largest absolute Gasteiger partial charge is 0.353 e. The van der Waals surface area contributed by atoms with E-state index in [-0.39, 0.29) is 17.9 Å². The fourth-order valence-corrected chi connectivity index (χ4v) is 2.02. The van der Waals surface area contributed by atoms with Crippen LogP contribution >= 0.6 is 0 Å². The smallest absolute Gasteiger partial charge is 0.227 e. The third-order valence-corrected chi connectivity index (χ3v) is 3.34. The second-order valence-electron chi connectivity index (χ2n) is 4.80. The highest BCUT2D eigenvalue weighted by atomic mass is 16.1. The summed E-state index contributed by atoms with van der Waals surface area (Å²) >= 11 is 0. The number of benzene rings is 1. The zero-order chi connectivity index (χ0) is 13.5. The van der Waals surface area contributed by atoms with E-state index in [4.69, 9.17) is 5.73 Å². The molecule has 1 amide bonds. The van der Waals surface area contributed by atoms with Gasteiger partial charge in [0.2, 0.25) is 5.91 Å². The molecule has 0 aliphatic rings. The molecule has 0 saturated carbocycles. The molecule has 2 unspecified atom stereocenters. The van der Waals surface area contributed by atoms with Gasteiger partial charge in [0.05, 0.1) is 5.92 Å². The lowest BCUT2D eigenvalue weighted by atomic mass is 9.91. The molecule has 2 atom stereocenters. The molecule has 3 heteroatoms. The standard InChI is InChI=1S/C15H24N2O/c1-4-12(3)17-15(18)14(9-10-16)13-8-6-5-7-11(13)2/h5-8,12,14H,4,9-10,16H2,1-3H3,(H,17,18). The molecule has 0 bridgehead atoms. The highest BCUT2D eigenvalue weighted by molar-refractivity contribution is 5.84. The van der Waals surface area contributed by atoms with E-state index in [0.717, 1.165) is 17.5 Å². The maximum atomic E-state index is 12.3. The summed E-state index contributed by atoms with van der Waals surface area (Å²) in [5.41, 5.74) is 7.87. The molecule has 0 aliphatic carbocycles. The molecular formula is C15H24N2O. The molecule has 0 radical (unpaired) electrons. The number of aryl methyl sites for hydroxylation is 1. The molecule has 18 heavy (non-hydrogen) atoms. The predicted molar refractivity (Wildman–Crippen MR) is 75.5 cm³/mol. The van der Waals surface area contributed by atoms with Gasteiger partial charge in [-0.05, 0) is 44.4 Å². The third kappa shape index (κ3) is 3.84. The Morgan fingerprint density at radius 1 is 1.39 bits per heavy atom. The van der Waals surface area contributed by atoms with E-state index in [0.29, 0.717) is 13.0 Å². The summed E-state index contributed by atoms with van der Waals surface area (Å²) in [6, 6.07) is 8.23. The number of carbonyl (C=O) groups is 1. The number of hydrogen-bond acceptors (Lipinski definition) is 2. The van der Waals surface area contributed by atoms with Crippen molar-refractivity contribution in [2.75, 3.05) is 6.54 Å². The predicted octanol–water partition coefficient (Wildman–Crippen LogP) is 2.34. The van der Waals surface area contributed by atoms with Gasteiger partial charge in [-0.15, -0.1) is 0 Å². The average molecular weight is 248 g/mol. The maximum absolute atomic E-state index is 12.3. The fourth-order valence-electron chi connectivity index (χ4n) is 2.02. The summed E-state index contributed by atoms with van der Waals surface area (Å²) < 4.78 is 0. The van der Waals surface area contributed by atoms with Gasteiger partial charge < -0.3 is 11.1 Å². The van der Waals surface area contributed by atoms with Crippen LogP contribution in [-0.2, 0) is 4.79 Å². The molecule has 3 nitrogen and oxygen atoms in total. The van der Waals surface area contributed by atoms with Crippen LogP contribution in [-0.4, -0.2) is 18.5 Å². The van der Waals surface area contributed by atoms with E-state index in [2.05, 4.69) is 12.2 Å². The highest BCUT2D eigenvalue weighted by Gasteiger charge is 2.22. The van der Waals surface area contributed by atoms with E-state index in [1.54, 1.807) is 0 Å². The van der Waals surface area contributed by atoms with Crippen molar-refractivity contribution in [3.63, 3.8) is 0 Å². The first-order valence-electron chi connectivity index (χ1n) is 6.66. The van der Waals surface area contributed by atoms with Crippen molar-refractivity contribution in [1.29, 1.82) is 0 Å². The summed E-state index contributed by atoms with van der Waals surface area (Å²) in [5.74, 6) is -0.0469. The Kier molecular flexibility index (Phi) is 5.86. The quantitative estimate of drug-likeness (QED) is 0.812. The Bertz CT molecular complexity index is 390. The van der Waals surface area contributed by atoms with Gasteiger partial charge in [0.1, 0.15) is 0 Å². The first-order chi connectivity index (χ1) is 8.60. The average Bonchev–Trinajstić information content (AvgIpc) is 2.36. The fraction of sp³-hybridized carbons (Fsp3) is 0.533. The van der Waals surface area contributed by atoms with Crippen molar-refractivity contribution in [2.24, 2.45) is 5.73 Å². The van der Waals surface area contributed by atoms with Crippen LogP contribution in [0.15, 0.2) is 24.3 Å². The SMILES string of the molecule is CCC(C)NC(=O)C(CCN)c1ccccc1C. The van der Waals surface area contributed by atoms with Crippen LogP contribution in [0.4, 0.5) is 0 Å². The van der Waals surface area contributed by atoms with Gasteiger partial charge in [-0.1, -0.05) is 31.2 Å². The number of amides is 1. The molecule has 0 fully saturated rings. The van der Waals surface area contributed by atoms with Crippen LogP contribution < -0.4 is 11.1 Å². The minimum atomic E-state index is -0.134. The van der Waals surface area contributed by atoms with Crippen LogP contribution in [0, 0.1) is 6.92 Å². The molecule has 0 aliphatic heterocycles. The van der Waals surface area contributed by atoms with Crippen molar-refractivity contribution in [2.45, 2.75) is 45.6 Å². The zero-order valence-electron chi connectivity index (χ0n) is 11.6. The normalized spacial score (nSPS) is 14.0. The molecule has 0 aromatic heterocycles. The molecule has 100 valence electrons. The van der Waals surface area contributed by atoms with Gasteiger partial charge in [0.25, 0.3) is 0 Å². The highest BCUT2D eigenvalue weighted by Crippen LogP contribution is 2.23. The van der Waals surface area contributed by atoms with Gasteiger partial charge in [0, 0.05) is 6.04 Å². The number of nitrogens with one attached hydrogen (secondary N) is 1. The van der Waals surface area contributed by atoms with Gasteiger partial charge in [-0.2, -0.15) is 0 Å². The Labute approximate surface area is 110 Å². The molecule has 3 N–H and O–H groups in total. The van der Waals surface area contributed by atoms with Gasteiger partial charge in [-0.3, -0.25) is 4.79 Å². The van der Waals surface area contributed by atoms with Crippen LogP contribution in [0.1, 0.15) is 43.7 Å². The third-order valence-electron chi connectivity index (χ3n) is 3.34. The van der Waals surface area contributed by atoms with Crippen LogP contribution in [0.5, 0.6) is 0 Å². The second kappa shape index (κ2) is 7.17. The summed E-state index contributed by atoms with van der Waals surface area (Å²) in [6.45, 7) is 6.65. The Hall–Kier alpha value is -1.35. The van der Waals surface area contributed by atoms with Crippen molar-refractivity contribution in [3.05, 3.63) is 35.4 Å². The summed E-state index contributed by atoms with van der Waals surface area (Å²) in [5, 5.41) is 3.05. The van der Waals surface area contributed by atoms with Gasteiger partial charge in [-0.25, -0.2) is 0 Å². The zero-order valence-corrected chi connectivity index (χ0v) is 11.6. The summed E-state index contributed by atoms with van der Waals surface area (Å²) in [4.78, 5) is 12.3. The van der Waals surface area contributed by atoms with Crippen molar-refractivity contribution >= 4 is 5.91 Å². The molecule has 1 rings (SSSR count). The number of nitrogens with two attached hydrogens (primary N) is 1. The lowest BCUT2D eigenvalue weighted by Gasteiger charge is -2.21. The van der Waals surface area contributed by atoms with E-state index >= 15 is 0 Å². The number of hydrogen-bond donors (Lipinski definition) is 2. The molecular weight excluding hydrogens is 224 g/mol. The Balaban J connectivity index is 2.89. The van der Waals surface area contributed by atoms with Gasteiger partial charge in [0.15, 0.2) is 0 Å². The molecule has 1 aromatic carbocycles. The van der Waals surface area contributed by atoms with Crippen LogP contribution in [0.3, 0.4) is 0 Å². The molecule has 0 spiro atoms.